The second-order valence-corrected chi connectivity index (χ2v) is 4.12. The van der Waals surface area contributed by atoms with Crippen LogP contribution < -0.4 is 9.80 Å². The van der Waals surface area contributed by atoms with E-state index in [2.05, 4.69) is 40.9 Å². The van der Waals surface area contributed by atoms with Crippen LogP contribution in [-0.2, 0) is 0 Å². The number of likely N-dealkylation sites (N-methyl/N-ethyl adjacent to an activating group) is 2. The Labute approximate surface area is 83.2 Å². The van der Waals surface area contributed by atoms with E-state index in [1.807, 2.05) is 0 Å². The van der Waals surface area contributed by atoms with Crippen LogP contribution in [0.25, 0.3) is 0 Å². The number of hydrogen-bond donors (Lipinski definition) is 2. The van der Waals surface area contributed by atoms with Gasteiger partial charge >= 0.3 is 0 Å². The zero-order chi connectivity index (χ0) is 10.3. The van der Waals surface area contributed by atoms with Crippen molar-refractivity contribution >= 4 is 0 Å². The minimum Gasteiger partial charge on any atom is -0.335 e. The molecule has 0 aromatic rings. The van der Waals surface area contributed by atoms with Crippen LogP contribution in [-0.4, -0.2) is 40.3 Å². The van der Waals surface area contributed by atoms with E-state index in [1.165, 1.54) is 31.8 Å². The lowest BCUT2D eigenvalue weighted by Crippen LogP contribution is -3.18. The SMILES string of the molecule is C/C=C(\C)C[NH+](CC)CC[NH+](C)C. The molecule has 0 spiro atoms. The van der Waals surface area contributed by atoms with Crippen LogP contribution in [0.15, 0.2) is 11.6 Å². The van der Waals surface area contributed by atoms with Crippen molar-refractivity contribution < 1.29 is 9.80 Å². The third-order valence-electron chi connectivity index (χ3n) is 2.50. The third-order valence-corrected chi connectivity index (χ3v) is 2.50. The van der Waals surface area contributed by atoms with E-state index in [9.17, 15) is 0 Å². The van der Waals surface area contributed by atoms with Crippen LogP contribution >= 0.6 is 0 Å². The Morgan fingerprint density at radius 2 is 1.85 bits per heavy atom. The monoisotopic (exact) mass is 186 g/mol. The molecule has 0 aromatic carbocycles. The van der Waals surface area contributed by atoms with E-state index in [0.717, 1.165) is 0 Å². The molecule has 1 atom stereocenters. The lowest BCUT2D eigenvalue weighted by molar-refractivity contribution is -0.937. The average molecular weight is 186 g/mol. The number of quaternary nitrogens is 2. The predicted molar refractivity (Wildman–Crippen MR) is 58.3 cm³/mol. The fourth-order valence-electron chi connectivity index (χ4n) is 1.31. The van der Waals surface area contributed by atoms with Crippen molar-refractivity contribution in [3.05, 3.63) is 11.6 Å². The summed E-state index contributed by atoms with van der Waals surface area (Å²) in [5.74, 6) is 0. The molecule has 0 amide bonds. The van der Waals surface area contributed by atoms with Crippen LogP contribution in [0.4, 0.5) is 0 Å². The topological polar surface area (TPSA) is 8.88 Å². The minimum atomic E-state index is 1.21. The Kier molecular flexibility index (Phi) is 6.92. The summed E-state index contributed by atoms with van der Waals surface area (Å²) in [6.07, 6.45) is 2.22. The largest absolute Gasteiger partial charge is 0.335 e. The first kappa shape index (κ1) is 12.7. The Hall–Kier alpha value is -0.340. The Morgan fingerprint density at radius 3 is 2.23 bits per heavy atom. The second-order valence-electron chi connectivity index (χ2n) is 4.12. The highest BCUT2D eigenvalue weighted by atomic mass is 15.2. The minimum absolute atomic E-state index is 1.21. The molecule has 0 bridgehead atoms. The van der Waals surface area contributed by atoms with Crippen molar-refractivity contribution in [2.24, 2.45) is 0 Å². The summed E-state index contributed by atoms with van der Waals surface area (Å²) in [6.45, 7) is 11.6. The van der Waals surface area contributed by atoms with Crippen molar-refractivity contribution in [2.75, 3.05) is 40.3 Å². The Bertz CT molecular complexity index is 150. The van der Waals surface area contributed by atoms with Crippen molar-refractivity contribution in [2.45, 2.75) is 20.8 Å². The molecule has 0 aliphatic heterocycles. The molecule has 13 heavy (non-hydrogen) atoms. The van der Waals surface area contributed by atoms with Crippen molar-refractivity contribution in [3.8, 4) is 0 Å². The molecule has 0 aliphatic carbocycles. The van der Waals surface area contributed by atoms with Crippen molar-refractivity contribution in [3.63, 3.8) is 0 Å². The first-order chi connectivity index (χ1) is 6.10. The number of nitrogens with one attached hydrogen (secondary N) is 2. The molecule has 0 saturated carbocycles. The predicted octanol–water partition coefficient (Wildman–Crippen LogP) is -0.998. The molecule has 0 heterocycles. The molecule has 1 unspecified atom stereocenters. The van der Waals surface area contributed by atoms with Gasteiger partial charge in [0.25, 0.3) is 0 Å². The van der Waals surface area contributed by atoms with E-state index in [1.54, 1.807) is 9.80 Å². The van der Waals surface area contributed by atoms with Gasteiger partial charge in [0.1, 0.15) is 13.1 Å². The zero-order valence-electron chi connectivity index (χ0n) is 9.91. The number of allylic oxidation sites excluding steroid dienone is 1. The molecule has 2 N–H and O–H groups in total. The van der Waals surface area contributed by atoms with Crippen LogP contribution in [0.2, 0.25) is 0 Å². The summed E-state index contributed by atoms with van der Waals surface area (Å²) >= 11 is 0. The maximum Gasteiger partial charge on any atom is 0.127 e. The smallest absolute Gasteiger partial charge is 0.127 e. The summed E-state index contributed by atoms with van der Waals surface area (Å²) in [5, 5.41) is 0. The lowest BCUT2D eigenvalue weighted by atomic mass is 10.2. The molecule has 0 fully saturated rings. The molecular formula is C11H26N2+2. The van der Waals surface area contributed by atoms with Gasteiger partial charge < -0.3 is 9.80 Å². The summed E-state index contributed by atoms with van der Waals surface area (Å²) in [7, 11) is 4.44. The zero-order valence-corrected chi connectivity index (χ0v) is 9.91. The van der Waals surface area contributed by atoms with Gasteiger partial charge in [0, 0.05) is 0 Å². The van der Waals surface area contributed by atoms with Crippen LogP contribution in [0.3, 0.4) is 0 Å². The van der Waals surface area contributed by atoms with E-state index in [0.29, 0.717) is 0 Å². The van der Waals surface area contributed by atoms with E-state index < -0.39 is 0 Å². The Morgan fingerprint density at radius 1 is 1.23 bits per heavy atom. The van der Waals surface area contributed by atoms with E-state index in [4.69, 9.17) is 0 Å². The van der Waals surface area contributed by atoms with E-state index in [-0.39, 0.29) is 0 Å². The highest BCUT2D eigenvalue weighted by molar-refractivity contribution is 4.94. The quantitative estimate of drug-likeness (QED) is 0.493. The average Bonchev–Trinajstić information content (AvgIpc) is 2.11. The first-order valence-corrected chi connectivity index (χ1v) is 5.34. The van der Waals surface area contributed by atoms with Gasteiger partial charge in [-0.15, -0.1) is 0 Å². The molecule has 2 heteroatoms. The van der Waals surface area contributed by atoms with E-state index >= 15 is 0 Å². The van der Waals surface area contributed by atoms with Gasteiger partial charge in [-0.3, -0.25) is 0 Å². The van der Waals surface area contributed by atoms with Gasteiger partial charge in [-0.05, 0) is 26.3 Å². The third kappa shape index (κ3) is 6.79. The summed E-state index contributed by atoms with van der Waals surface area (Å²) in [6, 6.07) is 0. The fourth-order valence-corrected chi connectivity index (χ4v) is 1.31. The van der Waals surface area contributed by atoms with Gasteiger partial charge in [-0.25, -0.2) is 0 Å². The maximum atomic E-state index is 2.27. The first-order valence-electron chi connectivity index (χ1n) is 5.34. The van der Waals surface area contributed by atoms with Crippen molar-refractivity contribution in [1.82, 2.24) is 0 Å². The summed E-state index contributed by atoms with van der Waals surface area (Å²) in [4.78, 5) is 3.24. The standard InChI is InChI=1S/C11H24N2/c1-6-11(3)10-13(7-2)9-8-12(4)5/h6H,7-10H2,1-5H3/p+2/b11-6+. The van der Waals surface area contributed by atoms with Crippen LogP contribution in [0, 0.1) is 0 Å². The Balaban J connectivity index is 3.76. The molecule has 0 radical (unpaired) electrons. The van der Waals surface area contributed by atoms with Gasteiger partial charge in [0.05, 0.1) is 27.2 Å². The van der Waals surface area contributed by atoms with Gasteiger partial charge in [0.15, 0.2) is 0 Å². The molecule has 2 nitrogen and oxygen atoms in total. The van der Waals surface area contributed by atoms with Gasteiger partial charge in [-0.1, -0.05) is 6.08 Å². The highest BCUT2D eigenvalue weighted by Crippen LogP contribution is 1.83. The summed E-state index contributed by atoms with van der Waals surface area (Å²) in [5.41, 5.74) is 1.51. The molecule has 0 saturated heterocycles. The normalized spacial score (nSPS) is 15.1. The van der Waals surface area contributed by atoms with Crippen LogP contribution in [0.5, 0.6) is 0 Å². The molecule has 0 aromatic heterocycles. The summed E-state index contributed by atoms with van der Waals surface area (Å²) < 4.78 is 0. The molecule has 78 valence electrons. The molecule has 0 rings (SSSR count). The van der Waals surface area contributed by atoms with Crippen molar-refractivity contribution in [1.29, 1.82) is 0 Å². The number of rotatable bonds is 6. The highest BCUT2D eigenvalue weighted by Gasteiger charge is 2.07. The van der Waals surface area contributed by atoms with Crippen LogP contribution in [0.1, 0.15) is 20.8 Å². The van der Waals surface area contributed by atoms with Gasteiger partial charge in [-0.2, -0.15) is 0 Å². The lowest BCUT2D eigenvalue weighted by Gasteiger charge is -2.18. The number of hydrogen-bond acceptors (Lipinski definition) is 0. The fraction of sp³-hybridized carbons (Fsp3) is 0.818. The maximum absolute atomic E-state index is 2.27. The molecular weight excluding hydrogens is 160 g/mol. The van der Waals surface area contributed by atoms with Gasteiger partial charge in [0.2, 0.25) is 0 Å². The molecule has 0 aliphatic rings. The second kappa shape index (κ2) is 7.10.